The quantitative estimate of drug-likeness (QED) is 0.479. The molecule has 0 fully saturated rings. The van der Waals surface area contributed by atoms with Gasteiger partial charge in [-0.3, -0.25) is 0 Å². The Morgan fingerprint density at radius 1 is 1.50 bits per heavy atom. The van der Waals surface area contributed by atoms with Crippen molar-refractivity contribution in [1.29, 1.82) is 5.26 Å². The van der Waals surface area contributed by atoms with E-state index in [1.165, 1.54) is 0 Å². The summed E-state index contributed by atoms with van der Waals surface area (Å²) >= 11 is 3.49. The molecule has 18 heavy (non-hydrogen) atoms. The molecule has 0 heterocycles. The van der Waals surface area contributed by atoms with Crippen LogP contribution in [-0.2, 0) is 16.0 Å². The van der Waals surface area contributed by atoms with Gasteiger partial charge in [0, 0.05) is 4.47 Å². The summed E-state index contributed by atoms with van der Waals surface area (Å²) in [6.07, 6.45) is 1.55. The van der Waals surface area contributed by atoms with Crippen LogP contribution in [0.15, 0.2) is 28.2 Å². The highest BCUT2D eigenvalue weighted by Crippen LogP contribution is 2.38. The van der Waals surface area contributed by atoms with E-state index in [4.69, 9.17) is 10.00 Å². The largest absolute Gasteiger partial charge is 0.462 e. The summed E-state index contributed by atoms with van der Waals surface area (Å²) < 4.78 is 5.95. The number of ether oxygens (including phenoxy) is 1. The first-order valence-electron chi connectivity index (χ1n) is 5.77. The molecular weight excluding hydrogens is 294 g/mol. The van der Waals surface area contributed by atoms with Gasteiger partial charge >= 0.3 is 5.97 Å². The summed E-state index contributed by atoms with van der Waals surface area (Å²) in [6.45, 7) is 2.01. The van der Waals surface area contributed by atoms with Crippen LogP contribution in [0.2, 0.25) is 0 Å². The van der Waals surface area contributed by atoms with Crippen molar-refractivity contribution >= 4 is 27.5 Å². The fourth-order valence-corrected chi connectivity index (χ4v) is 2.74. The molecule has 0 spiro atoms. The second-order valence-electron chi connectivity index (χ2n) is 3.95. The summed E-state index contributed by atoms with van der Waals surface area (Å²) in [5, 5.41) is 9.16. The Morgan fingerprint density at radius 3 is 2.94 bits per heavy atom. The number of nitrogens with zero attached hydrogens (tertiary/aromatic N) is 1. The first-order chi connectivity index (χ1) is 8.69. The molecule has 1 aliphatic rings. The second-order valence-corrected chi connectivity index (χ2v) is 4.81. The summed E-state index contributed by atoms with van der Waals surface area (Å²) in [7, 11) is 0. The standard InChI is InChI=1S/C14H12BrNO2/c1-2-18-14(17)12(8-16)10-6-7-11-9(10)4-3-5-13(11)15/h3-5H,2,6-7H2,1H3/b12-10+. The van der Waals surface area contributed by atoms with Gasteiger partial charge in [0.1, 0.15) is 11.6 Å². The summed E-state index contributed by atoms with van der Waals surface area (Å²) in [5.41, 5.74) is 3.07. The number of allylic oxidation sites excluding steroid dienone is 1. The number of carbonyl (C=O) groups is 1. The highest BCUT2D eigenvalue weighted by atomic mass is 79.9. The highest BCUT2D eigenvalue weighted by molar-refractivity contribution is 9.10. The van der Waals surface area contributed by atoms with Crippen molar-refractivity contribution in [3.8, 4) is 6.07 Å². The third-order valence-electron chi connectivity index (χ3n) is 2.96. The first kappa shape index (κ1) is 12.8. The van der Waals surface area contributed by atoms with Gasteiger partial charge in [-0.25, -0.2) is 4.79 Å². The predicted octanol–water partition coefficient (Wildman–Crippen LogP) is 3.24. The van der Waals surface area contributed by atoms with Gasteiger partial charge in [0.05, 0.1) is 6.61 Å². The fourth-order valence-electron chi connectivity index (χ4n) is 2.18. The van der Waals surface area contributed by atoms with Crippen LogP contribution in [0.3, 0.4) is 0 Å². The van der Waals surface area contributed by atoms with E-state index >= 15 is 0 Å². The van der Waals surface area contributed by atoms with Crippen LogP contribution in [0.5, 0.6) is 0 Å². The zero-order valence-corrected chi connectivity index (χ0v) is 11.6. The zero-order valence-electron chi connectivity index (χ0n) is 10.00. The van der Waals surface area contributed by atoms with E-state index < -0.39 is 5.97 Å². The molecule has 92 valence electrons. The van der Waals surface area contributed by atoms with Crippen LogP contribution in [0.1, 0.15) is 24.5 Å². The number of benzene rings is 1. The number of nitriles is 1. The average Bonchev–Trinajstić information content (AvgIpc) is 2.76. The van der Waals surface area contributed by atoms with Crippen molar-refractivity contribution < 1.29 is 9.53 Å². The Hall–Kier alpha value is -1.60. The Balaban J connectivity index is 2.51. The molecule has 1 aliphatic carbocycles. The Morgan fingerprint density at radius 2 is 2.28 bits per heavy atom. The number of carbonyl (C=O) groups excluding carboxylic acids is 1. The van der Waals surface area contributed by atoms with Gasteiger partial charge in [0.15, 0.2) is 0 Å². The summed E-state index contributed by atoms with van der Waals surface area (Å²) in [4.78, 5) is 11.7. The number of rotatable bonds is 2. The van der Waals surface area contributed by atoms with Gasteiger partial charge in [-0.2, -0.15) is 5.26 Å². The maximum atomic E-state index is 11.7. The van der Waals surface area contributed by atoms with Gasteiger partial charge in [0.25, 0.3) is 0 Å². The van der Waals surface area contributed by atoms with Gasteiger partial charge < -0.3 is 4.74 Å². The zero-order chi connectivity index (χ0) is 13.1. The molecule has 0 saturated carbocycles. The van der Waals surface area contributed by atoms with Crippen LogP contribution in [0.4, 0.5) is 0 Å². The second kappa shape index (κ2) is 5.36. The van der Waals surface area contributed by atoms with Crippen LogP contribution >= 0.6 is 15.9 Å². The third-order valence-corrected chi connectivity index (χ3v) is 3.71. The van der Waals surface area contributed by atoms with Crippen LogP contribution in [0, 0.1) is 11.3 Å². The predicted molar refractivity (Wildman–Crippen MR) is 71.6 cm³/mol. The Kier molecular flexibility index (Phi) is 3.83. The van der Waals surface area contributed by atoms with Crippen LogP contribution in [0.25, 0.3) is 5.57 Å². The molecule has 1 aromatic carbocycles. The summed E-state index contributed by atoms with van der Waals surface area (Å²) in [6, 6.07) is 7.80. The van der Waals surface area contributed by atoms with E-state index in [2.05, 4.69) is 15.9 Å². The van der Waals surface area contributed by atoms with Crippen molar-refractivity contribution in [3.05, 3.63) is 39.4 Å². The minimum atomic E-state index is -0.525. The molecular formula is C14H12BrNO2. The Bertz CT molecular complexity index is 570. The number of halogens is 1. The molecule has 1 aromatic rings. The SMILES string of the molecule is CCOC(=O)/C(C#N)=C1\CCc2c(Br)cccc21. The van der Waals surface area contributed by atoms with Gasteiger partial charge in [-0.05, 0) is 42.5 Å². The smallest absolute Gasteiger partial charge is 0.349 e. The van der Waals surface area contributed by atoms with Crippen molar-refractivity contribution in [3.63, 3.8) is 0 Å². The lowest BCUT2D eigenvalue weighted by Crippen LogP contribution is -2.08. The molecule has 0 saturated heterocycles. The minimum Gasteiger partial charge on any atom is -0.462 e. The van der Waals surface area contributed by atoms with Gasteiger partial charge in [-0.15, -0.1) is 0 Å². The maximum Gasteiger partial charge on any atom is 0.349 e. The Labute approximate surface area is 114 Å². The number of hydrogen-bond acceptors (Lipinski definition) is 3. The molecule has 0 aromatic heterocycles. The normalized spacial score (nSPS) is 15.8. The molecule has 0 aliphatic heterocycles. The van der Waals surface area contributed by atoms with Crippen molar-refractivity contribution in [2.24, 2.45) is 0 Å². The molecule has 3 nitrogen and oxygen atoms in total. The lowest BCUT2D eigenvalue weighted by atomic mass is 10.0. The van der Waals surface area contributed by atoms with Gasteiger partial charge in [0.2, 0.25) is 0 Å². The monoisotopic (exact) mass is 305 g/mol. The fraction of sp³-hybridized carbons (Fsp3) is 0.286. The van der Waals surface area contributed by atoms with E-state index in [-0.39, 0.29) is 12.2 Å². The van der Waals surface area contributed by atoms with Crippen molar-refractivity contribution in [2.45, 2.75) is 19.8 Å². The van der Waals surface area contributed by atoms with E-state index in [9.17, 15) is 4.79 Å². The first-order valence-corrected chi connectivity index (χ1v) is 6.56. The van der Waals surface area contributed by atoms with Crippen LogP contribution < -0.4 is 0 Å². The molecule has 0 radical (unpaired) electrons. The van der Waals surface area contributed by atoms with E-state index in [1.54, 1.807) is 6.92 Å². The topological polar surface area (TPSA) is 50.1 Å². The molecule has 0 atom stereocenters. The molecule has 2 rings (SSSR count). The average molecular weight is 306 g/mol. The number of esters is 1. The van der Waals surface area contributed by atoms with Gasteiger partial charge in [-0.1, -0.05) is 28.1 Å². The molecule has 0 bridgehead atoms. The molecule has 4 heteroatoms. The number of fused-ring (bicyclic) bond motifs is 1. The summed E-state index contributed by atoms with van der Waals surface area (Å²) in [5.74, 6) is -0.525. The van der Waals surface area contributed by atoms with Crippen molar-refractivity contribution in [2.75, 3.05) is 6.61 Å². The van der Waals surface area contributed by atoms with Crippen LogP contribution in [-0.4, -0.2) is 12.6 Å². The van der Waals surface area contributed by atoms with E-state index in [0.29, 0.717) is 6.42 Å². The lowest BCUT2D eigenvalue weighted by Gasteiger charge is -2.05. The van der Waals surface area contributed by atoms with E-state index in [1.807, 2.05) is 24.3 Å². The van der Waals surface area contributed by atoms with E-state index in [0.717, 1.165) is 27.6 Å². The lowest BCUT2D eigenvalue weighted by molar-refractivity contribution is -0.137. The molecule has 0 unspecified atom stereocenters. The molecule has 0 amide bonds. The minimum absolute atomic E-state index is 0.133. The third kappa shape index (κ3) is 2.19. The molecule has 0 N–H and O–H groups in total. The number of hydrogen-bond donors (Lipinski definition) is 0. The highest BCUT2D eigenvalue weighted by Gasteiger charge is 2.25. The van der Waals surface area contributed by atoms with Crippen molar-refractivity contribution in [1.82, 2.24) is 0 Å². The maximum absolute atomic E-state index is 11.7.